The molecule has 69 heavy (non-hydrogen) atoms. The molecule has 2 aromatic heterocycles. The lowest BCUT2D eigenvalue weighted by atomic mass is 9.87. The normalized spacial score (nSPS) is 20.3. The van der Waals surface area contributed by atoms with E-state index >= 15 is 0 Å². The minimum atomic E-state index is -5.57. The summed E-state index contributed by atoms with van der Waals surface area (Å²) in [7, 11) is -16.4. The smallest absolute Gasteiger partial charge is 0.386 e. The first-order valence-corrected chi connectivity index (χ1v) is 29.0. The van der Waals surface area contributed by atoms with E-state index in [9.17, 15) is 57.9 Å². The second-order valence-electron chi connectivity index (χ2n) is 17.9. The second-order valence-corrected chi connectivity index (χ2v) is 23.3. The number of imidazole rings is 1. The number of thioether (sulfide) groups is 1. The van der Waals surface area contributed by atoms with Crippen LogP contribution < -0.4 is 16.4 Å². The number of hydrogen-bond donors (Lipinski definition) is 9. The predicted molar refractivity (Wildman–Crippen MR) is 256 cm³/mol. The highest BCUT2D eigenvalue weighted by Crippen LogP contribution is 2.61. The molecule has 2 amide bonds. The maximum absolute atomic E-state index is 12.7. The quantitative estimate of drug-likeness (QED) is 0.0298. The molecule has 3 rings (SSSR count). The first kappa shape index (κ1) is 60.9. The Morgan fingerprint density at radius 1 is 0.870 bits per heavy atom. The van der Waals surface area contributed by atoms with E-state index < -0.39 is 84.6 Å². The largest absolute Gasteiger partial charge is 0.481 e. The fraction of sp³-hybridized carbons (Fsp3) is 0.805. The van der Waals surface area contributed by atoms with Crippen LogP contribution in [-0.2, 0) is 50.7 Å². The van der Waals surface area contributed by atoms with Gasteiger partial charge in [-0.25, -0.2) is 28.6 Å². The van der Waals surface area contributed by atoms with Crippen molar-refractivity contribution in [3.63, 3.8) is 0 Å². The molecule has 8 unspecified atom stereocenters. The Labute approximate surface area is 407 Å². The summed E-state index contributed by atoms with van der Waals surface area (Å²) in [6, 6.07) is 0. The van der Waals surface area contributed by atoms with Crippen molar-refractivity contribution in [2.24, 2.45) is 11.3 Å². The molecule has 1 saturated heterocycles. The van der Waals surface area contributed by atoms with Gasteiger partial charge in [0.2, 0.25) is 11.8 Å². The van der Waals surface area contributed by atoms with Crippen molar-refractivity contribution in [1.29, 1.82) is 0 Å². The fourth-order valence-electron chi connectivity index (χ4n) is 7.28. The van der Waals surface area contributed by atoms with Crippen molar-refractivity contribution < 1.29 is 80.5 Å². The summed E-state index contributed by atoms with van der Waals surface area (Å²) in [6.07, 6.45) is 12.3. The number of hydrogen-bond acceptors (Lipinski definition) is 18. The minimum Gasteiger partial charge on any atom is -0.386 e. The zero-order valence-electron chi connectivity index (χ0n) is 40.0. The SMILES string of the molecule is CCC(C)CCCCCCCCCCCCCCCC(=O)SCCNC(=O)CCNC(=O)C(O)C(C)(C)COP(=O)(O)OP(=O)(O)OCC1OC(n2cnc3c(N)ncnc32)C(O)C1OP(=O)(O)O. The van der Waals surface area contributed by atoms with Crippen molar-refractivity contribution in [2.45, 2.75) is 167 Å². The molecule has 1 fully saturated rings. The average molecular weight is 1060 g/mol. The monoisotopic (exact) mass is 1060 g/mol. The Bertz CT molecular complexity index is 2050. The fourth-order valence-corrected chi connectivity index (χ4v) is 10.8. The third-order valence-corrected chi connectivity index (χ3v) is 15.6. The topological polar surface area (TPSA) is 364 Å². The summed E-state index contributed by atoms with van der Waals surface area (Å²) >= 11 is 1.16. The number of aliphatic hydroxyl groups is 2. The van der Waals surface area contributed by atoms with Gasteiger partial charge in [-0.3, -0.25) is 32.5 Å². The van der Waals surface area contributed by atoms with E-state index in [1.54, 1.807) is 0 Å². The lowest BCUT2D eigenvalue weighted by Crippen LogP contribution is -2.46. The van der Waals surface area contributed by atoms with Crippen molar-refractivity contribution in [3.05, 3.63) is 12.7 Å². The average Bonchev–Trinajstić information content (AvgIpc) is 3.84. The highest BCUT2D eigenvalue weighted by molar-refractivity contribution is 8.13. The van der Waals surface area contributed by atoms with Gasteiger partial charge in [0.1, 0.15) is 36.3 Å². The third-order valence-electron chi connectivity index (χ3n) is 11.5. The van der Waals surface area contributed by atoms with Crippen molar-refractivity contribution >= 4 is 69.1 Å². The Morgan fingerprint density at radius 2 is 1.46 bits per heavy atom. The van der Waals surface area contributed by atoms with Crippen LogP contribution in [0.4, 0.5) is 5.82 Å². The highest BCUT2D eigenvalue weighted by Gasteiger charge is 2.50. The van der Waals surface area contributed by atoms with Crippen LogP contribution in [0.15, 0.2) is 12.7 Å². The number of anilines is 1. The van der Waals surface area contributed by atoms with Gasteiger partial charge in [-0.1, -0.05) is 129 Å². The molecule has 1 aliphatic heterocycles. The van der Waals surface area contributed by atoms with E-state index in [-0.39, 0.29) is 41.6 Å². The number of nitrogens with zero attached hydrogens (tertiary/aromatic N) is 4. The molecule has 0 spiro atoms. The molecule has 28 heteroatoms. The Morgan fingerprint density at radius 3 is 2.07 bits per heavy atom. The maximum atomic E-state index is 12.7. The van der Waals surface area contributed by atoms with Gasteiger partial charge in [0, 0.05) is 37.1 Å². The highest BCUT2D eigenvalue weighted by atomic mass is 32.2. The lowest BCUT2D eigenvalue weighted by Gasteiger charge is -2.30. The molecule has 8 atom stereocenters. The van der Waals surface area contributed by atoms with Crippen LogP contribution in [0.3, 0.4) is 0 Å². The zero-order chi connectivity index (χ0) is 51.3. The third kappa shape index (κ3) is 22.9. The number of rotatable bonds is 36. The Hall–Kier alpha value is -2.44. The number of amides is 2. The number of ether oxygens (including phenoxy) is 1. The van der Waals surface area contributed by atoms with E-state index in [0.717, 1.165) is 54.2 Å². The molecular weight excluding hydrogens is 987 g/mol. The summed E-state index contributed by atoms with van der Waals surface area (Å²) in [5.41, 5.74) is 4.29. The van der Waals surface area contributed by atoms with Crippen molar-refractivity contribution in [1.82, 2.24) is 30.2 Å². The number of unbranched alkanes of at least 4 members (excludes halogenated alkanes) is 12. The molecule has 0 saturated carbocycles. The van der Waals surface area contributed by atoms with Crippen LogP contribution in [-0.4, -0.2) is 123 Å². The van der Waals surface area contributed by atoms with Crippen LogP contribution in [0.1, 0.15) is 143 Å². The van der Waals surface area contributed by atoms with Crippen LogP contribution >= 0.6 is 35.2 Å². The molecular formula is C41H74N7O17P3S. The molecule has 1 aliphatic rings. The standard InChI is InChI=1S/C41H74N7O17P3S/c1-5-29(2)19-17-15-13-11-9-7-6-8-10-12-14-16-18-20-32(50)69-24-23-43-31(49)21-22-44-39(53)36(52)41(3,4)26-62-68(59,60)65-67(57,58)61-25-30-35(64-66(54,55)56)34(51)40(63-30)48-28-47-33-37(42)45-27-46-38(33)48/h27-30,34-36,40,51-52H,5-26H2,1-4H3,(H,43,49)(H,44,53)(H,57,58)(H,59,60)(H2,42,45,46)(H2,54,55,56). The molecule has 10 N–H and O–H groups in total. The van der Waals surface area contributed by atoms with Crippen LogP contribution in [0.25, 0.3) is 11.2 Å². The number of nitrogen functional groups attached to an aromatic ring is 1. The minimum absolute atomic E-state index is 0.0340. The maximum Gasteiger partial charge on any atom is 0.481 e. The molecule has 2 aromatic rings. The van der Waals surface area contributed by atoms with Crippen LogP contribution in [0, 0.1) is 11.3 Å². The van der Waals surface area contributed by atoms with Gasteiger partial charge in [-0.15, -0.1) is 0 Å². The first-order chi connectivity index (χ1) is 32.4. The summed E-state index contributed by atoms with van der Waals surface area (Å²) < 4.78 is 62.5. The van der Waals surface area contributed by atoms with E-state index in [2.05, 4.69) is 48.3 Å². The lowest BCUT2D eigenvalue weighted by molar-refractivity contribution is -0.137. The number of nitrogens with one attached hydrogen (secondary N) is 2. The Balaban J connectivity index is 1.27. The summed E-state index contributed by atoms with van der Waals surface area (Å²) in [6.45, 7) is 5.18. The van der Waals surface area contributed by atoms with E-state index in [1.165, 1.54) is 90.9 Å². The molecule has 24 nitrogen and oxygen atoms in total. The first-order valence-electron chi connectivity index (χ1n) is 23.5. The summed E-state index contributed by atoms with van der Waals surface area (Å²) in [5.74, 6) is -0.162. The van der Waals surface area contributed by atoms with E-state index in [1.807, 2.05) is 0 Å². The molecule has 0 radical (unpaired) electrons. The van der Waals surface area contributed by atoms with Crippen molar-refractivity contribution in [3.8, 4) is 0 Å². The molecule has 0 bridgehead atoms. The molecule has 0 aromatic carbocycles. The van der Waals surface area contributed by atoms with Gasteiger partial charge in [-0.2, -0.15) is 4.31 Å². The van der Waals surface area contributed by atoms with Gasteiger partial charge in [0.25, 0.3) is 0 Å². The number of nitrogens with two attached hydrogens (primary N) is 1. The van der Waals surface area contributed by atoms with Crippen LogP contribution in [0.5, 0.6) is 0 Å². The van der Waals surface area contributed by atoms with Gasteiger partial charge in [0.15, 0.2) is 22.8 Å². The van der Waals surface area contributed by atoms with E-state index in [0.29, 0.717) is 12.2 Å². The summed E-state index contributed by atoms with van der Waals surface area (Å²) in [4.78, 5) is 88.5. The van der Waals surface area contributed by atoms with Gasteiger partial charge >= 0.3 is 23.5 Å². The number of phosphoric acid groups is 3. The van der Waals surface area contributed by atoms with Crippen LogP contribution in [0.2, 0.25) is 0 Å². The predicted octanol–water partition coefficient (Wildman–Crippen LogP) is 5.56. The Kier molecular flexibility index (Phi) is 26.4. The number of aromatic nitrogens is 4. The van der Waals surface area contributed by atoms with Crippen molar-refractivity contribution in [2.75, 3.05) is 37.8 Å². The number of carbonyl (C=O) groups excluding carboxylic acids is 3. The summed E-state index contributed by atoms with van der Waals surface area (Å²) in [5, 5.41) is 26.7. The van der Waals surface area contributed by atoms with E-state index in [4.69, 9.17) is 19.5 Å². The molecule has 3 heterocycles. The van der Waals surface area contributed by atoms with Gasteiger partial charge in [-0.05, 0) is 12.3 Å². The number of phosphoric ester groups is 3. The zero-order valence-corrected chi connectivity index (χ0v) is 43.5. The van der Waals surface area contributed by atoms with Gasteiger partial charge in [0.05, 0.1) is 19.5 Å². The number of aliphatic hydroxyl groups excluding tert-OH is 2. The second kappa shape index (κ2) is 29.9. The van der Waals surface area contributed by atoms with Gasteiger partial charge < -0.3 is 50.9 Å². The molecule has 396 valence electrons. The number of carbonyl (C=O) groups is 3. The number of fused-ring (bicyclic) bond motifs is 1. The molecule has 0 aliphatic carbocycles.